The molecule has 0 bridgehead atoms. The summed E-state index contributed by atoms with van der Waals surface area (Å²) in [4.78, 5) is 2.58. The highest BCUT2D eigenvalue weighted by molar-refractivity contribution is 5.51. The van der Waals surface area contributed by atoms with Crippen molar-refractivity contribution in [1.82, 2.24) is 4.90 Å². The quantitative estimate of drug-likeness (QED) is 0.786. The van der Waals surface area contributed by atoms with Gasteiger partial charge < -0.3 is 5.73 Å². The summed E-state index contributed by atoms with van der Waals surface area (Å²) in [6.07, 6.45) is 5.47. The molecule has 0 radical (unpaired) electrons. The van der Waals surface area contributed by atoms with Crippen LogP contribution in [0.4, 0.5) is 5.69 Å². The third-order valence-corrected chi connectivity index (χ3v) is 3.93. The highest BCUT2D eigenvalue weighted by Crippen LogP contribution is 2.33. The van der Waals surface area contributed by atoms with Crippen LogP contribution in [0, 0.1) is 5.92 Å². The van der Waals surface area contributed by atoms with E-state index in [-0.39, 0.29) is 0 Å². The molecule has 1 fully saturated rings. The van der Waals surface area contributed by atoms with Crippen LogP contribution < -0.4 is 5.73 Å². The molecule has 2 aliphatic rings. The molecule has 1 saturated carbocycles. The Kier molecular flexibility index (Phi) is 2.60. The van der Waals surface area contributed by atoms with Gasteiger partial charge in [-0.1, -0.05) is 25.0 Å². The number of nitrogens with zero attached hydrogens (tertiary/aromatic N) is 1. The molecule has 0 amide bonds. The Morgan fingerprint density at radius 1 is 1.31 bits per heavy atom. The fraction of sp³-hybridized carbons (Fsp3) is 0.571. The van der Waals surface area contributed by atoms with Gasteiger partial charge in [0.2, 0.25) is 0 Å². The predicted octanol–water partition coefficient (Wildman–Crippen LogP) is 2.43. The molecule has 1 aromatic rings. The first-order valence-corrected chi connectivity index (χ1v) is 6.41. The van der Waals surface area contributed by atoms with Crippen LogP contribution in [-0.2, 0) is 13.0 Å². The maximum absolute atomic E-state index is 6.00. The van der Waals surface area contributed by atoms with E-state index in [1.165, 1.54) is 43.5 Å². The molecule has 2 heteroatoms. The Morgan fingerprint density at radius 2 is 2.19 bits per heavy atom. The van der Waals surface area contributed by atoms with Gasteiger partial charge in [-0.2, -0.15) is 0 Å². The number of fused-ring (bicyclic) bond motifs is 1. The van der Waals surface area contributed by atoms with Crippen LogP contribution >= 0.6 is 0 Å². The van der Waals surface area contributed by atoms with Gasteiger partial charge in [0.25, 0.3) is 0 Å². The molecule has 1 aromatic carbocycles. The topological polar surface area (TPSA) is 29.3 Å². The Bertz CT molecular complexity index is 382. The van der Waals surface area contributed by atoms with Crippen molar-refractivity contribution >= 4 is 5.69 Å². The molecule has 2 N–H and O–H groups in total. The van der Waals surface area contributed by atoms with E-state index in [2.05, 4.69) is 17.0 Å². The first kappa shape index (κ1) is 10.2. The number of hydrogen-bond acceptors (Lipinski definition) is 2. The van der Waals surface area contributed by atoms with Gasteiger partial charge in [-0.05, 0) is 42.5 Å². The highest BCUT2D eigenvalue weighted by Gasteiger charge is 2.23. The van der Waals surface area contributed by atoms with E-state index in [0.29, 0.717) is 0 Å². The molecule has 1 aliphatic heterocycles. The first-order chi connectivity index (χ1) is 7.83. The van der Waals surface area contributed by atoms with E-state index < -0.39 is 0 Å². The van der Waals surface area contributed by atoms with Crippen molar-refractivity contribution < 1.29 is 0 Å². The van der Waals surface area contributed by atoms with E-state index >= 15 is 0 Å². The molecule has 16 heavy (non-hydrogen) atoms. The van der Waals surface area contributed by atoms with Crippen LogP contribution in [0.3, 0.4) is 0 Å². The molecule has 0 unspecified atom stereocenters. The van der Waals surface area contributed by atoms with Gasteiger partial charge in [-0.25, -0.2) is 0 Å². The van der Waals surface area contributed by atoms with Crippen LogP contribution in [0.25, 0.3) is 0 Å². The van der Waals surface area contributed by atoms with E-state index in [4.69, 9.17) is 5.73 Å². The number of rotatable bonds is 3. The lowest BCUT2D eigenvalue weighted by atomic mass is 9.98. The molecule has 0 spiro atoms. The summed E-state index contributed by atoms with van der Waals surface area (Å²) >= 11 is 0. The van der Waals surface area contributed by atoms with E-state index in [1.807, 2.05) is 6.07 Å². The maximum Gasteiger partial charge on any atom is 0.0350 e. The molecule has 2 nitrogen and oxygen atoms in total. The molecular formula is C14H20N2. The van der Waals surface area contributed by atoms with Crippen LogP contribution in [0.15, 0.2) is 18.2 Å². The lowest BCUT2D eigenvalue weighted by Gasteiger charge is -2.29. The monoisotopic (exact) mass is 216 g/mol. The number of nitrogens with two attached hydrogens (primary N) is 1. The molecule has 1 heterocycles. The summed E-state index contributed by atoms with van der Waals surface area (Å²) in [5.74, 6) is 1.04. The summed E-state index contributed by atoms with van der Waals surface area (Å²) in [6.45, 7) is 3.57. The van der Waals surface area contributed by atoms with Crippen LogP contribution in [0.5, 0.6) is 0 Å². The Balaban J connectivity index is 1.65. The smallest absolute Gasteiger partial charge is 0.0350 e. The number of hydrogen-bond donors (Lipinski definition) is 1. The second-order valence-electron chi connectivity index (χ2n) is 5.24. The summed E-state index contributed by atoms with van der Waals surface area (Å²) < 4.78 is 0. The standard InChI is InChI=1S/C14H20N2/c15-14-3-1-2-12-10-16(9-7-13(12)14)8-6-11-4-5-11/h1-3,11H,4-10,15H2. The van der Waals surface area contributed by atoms with Gasteiger partial charge in [-0.3, -0.25) is 4.90 Å². The molecule has 0 atom stereocenters. The Hall–Kier alpha value is -1.02. The van der Waals surface area contributed by atoms with E-state index in [1.54, 1.807) is 0 Å². The number of benzene rings is 1. The Labute approximate surface area is 97.4 Å². The van der Waals surface area contributed by atoms with Gasteiger partial charge >= 0.3 is 0 Å². The van der Waals surface area contributed by atoms with Crippen molar-refractivity contribution in [1.29, 1.82) is 0 Å². The zero-order valence-corrected chi connectivity index (χ0v) is 9.78. The summed E-state index contributed by atoms with van der Waals surface area (Å²) in [6, 6.07) is 6.34. The van der Waals surface area contributed by atoms with E-state index in [0.717, 1.165) is 24.6 Å². The van der Waals surface area contributed by atoms with Crippen molar-refractivity contribution in [3.63, 3.8) is 0 Å². The minimum absolute atomic E-state index is 0.986. The minimum atomic E-state index is 0.986. The zero-order valence-electron chi connectivity index (χ0n) is 9.78. The second kappa shape index (κ2) is 4.10. The zero-order chi connectivity index (χ0) is 11.0. The van der Waals surface area contributed by atoms with Crippen LogP contribution in [0.1, 0.15) is 30.4 Å². The van der Waals surface area contributed by atoms with Gasteiger partial charge in [0, 0.05) is 18.8 Å². The van der Waals surface area contributed by atoms with Gasteiger partial charge in [-0.15, -0.1) is 0 Å². The third-order valence-electron chi connectivity index (χ3n) is 3.93. The molecule has 86 valence electrons. The van der Waals surface area contributed by atoms with Crippen molar-refractivity contribution in [3.05, 3.63) is 29.3 Å². The summed E-state index contributed by atoms with van der Waals surface area (Å²) in [5, 5.41) is 0. The maximum atomic E-state index is 6.00. The van der Waals surface area contributed by atoms with Gasteiger partial charge in [0.1, 0.15) is 0 Å². The van der Waals surface area contributed by atoms with Gasteiger partial charge in [0.05, 0.1) is 0 Å². The fourth-order valence-corrected chi connectivity index (χ4v) is 2.66. The molecule has 1 aliphatic carbocycles. The molecule has 3 rings (SSSR count). The van der Waals surface area contributed by atoms with Crippen LogP contribution in [0.2, 0.25) is 0 Å². The highest BCUT2D eigenvalue weighted by atomic mass is 15.1. The van der Waals surface area contributed by atoms with E-state index in [9.17, 15) is 0 Å². The lowest BCUT2D eigenvalue weighted by molar-refractivity contribution is 0.247. The van der Waals surface area contributed by atoms with Crippen LogP contribution in [-0.4, -0.2) is 18.0 Å². The normalized spacial score (nSPS) is 20.8. The molecule has 0 aromatic heterocycles. The second-order valence-corrected chi connectivity index (χ2v) is 5.24. The fourth-order valence-electron chi connectivity index (χ4n) is 2.66. The number of anilines is 1. The van der Waals surface area contributed by atoms with Crippen molar-refractivity contribution in [2.75, 3.05) is 18.8 Å². The largest absolute Gasteiger partial charge is 0.398 e. The molecular weight excluding hydrogens is 196 g/mol. The van der Waals surface area contributed by atoms with Crippen molar-refractivity contribution in [2.45, 2.75) is 32.2 Å². The van der Waals surface area contributed by atoms with Crippen molar-refractivity contribution in [3.8, 4) is 0 Å². The molecule has 0 saturated heterocycles. The lowest BCUT2D eigenvalue weighted by Crippen LogP contribution is -2.32. The minimum Gasteiger partial charge on any atom is -0.398 e. The average Bonchev–Trinajstić information content (AvgIpc) is 3.10. The van der Waals surface area contributed by atoms with Gasteiger partial charge in [0.15, 0.2) is 0 Å². The van der Waals surface area contributed by atoms with Crippen molar-refractivity contribution in [2.24, 2.45) is 5.92 Å². The SMILES string of the molecule is Nc1cccc2c1CCN(CCC1CC1)C2. The predicted molar refractivity (Wildman–Crippen MR) is 67.2 cm³/mol. The number of nitrogen functional groups attached to an aromatic ring is 1. The Morgan fingerprint density at radius 3 is 3.00 bits per heavy atom. The summed E-state index contributed by atoms with van der Waals surface area (Å²) in [7, 11) is 0. The summed E-state index contributed by atoms with van der Waals surface area (Å²) in [5.41, 5.74) is 9.83. The first-order valence-electron chi connectivity index (χ1n) is 6.41. The third kappa shape index (κ3) is 2.07. The average molecular weight is 216 g/mol.